The van der Waals surface area contributed by atoms with Gasteiger partial charge in [-0.25, -0.2) is 0 Å². The molecule has 0 saturated carbocycles. The first-order chi connectivity index (χ1) is 14.1. The molecule has 3 aromatic rings. The van der Waals surface area contributed by atoms with Crippen molar-refractivity contribution in [2.24, 2.45) is 0 Å². The first kappa shape index (κ1) is 19.2. The number of aryl methyl sites for hydroxylation is 3. The molecule has 2 heterocycles. The smallest absolute Gasteiger partial charge is 0.223 e. The summed E-state index contributed by atoms with van der Waals surface area (Å²) in [6, 6.07) is 16.8. The van der Waals surface area contributed by atoms with Gasteiger partial charge in [0.15, 0.2) is 0 Å². The number of anilines is 1. The van der Waals surface area contributed by atoms with Crippen LogP contribution in [0.5, 0.6) is 0 Å². The van der Waals surface area contributed by atoms with Crippen LogP contribution in [0.3, 0.4) is 0 Å². The largest absolute Gasteiger partial charge is 0.368 e. The lowest BCUT2D eigenvalue weighted by molar-refractivity contribution is -0.131. The molecule has 0 radical (unpaired) electrons. The Labute approximate surface area is 171 Å². The zero-order valence-electron chi connectivity index (χ0n) is 17.1. The third-order valence-electron chi connectivity index (χ3n) is 5.58. The van der Waals surface area contributed by atoms with Crippen molar-refractivity contribution in [1.29, 1.82) is 0 Å². The number of nitrogens with zero attached hydrogens (tertiary/aromatic N) is 3. The highest BCUT2D eigenvalue weighted by Crippen LogP contribution is 2.24. The zero-order valence-corrected chi connectivity index (χ0v) is 17.1. The van der Waals surface area contributed by atoms with Crippen LogP contribution >= 0.6 is 0 Å². The average Bonchev–Trinajstić information content (AvgIpc) is 3.21. The Morgan fingerprint density at radius 3 is 2.48 bits per heavy atom. The van der Waals surface area contributed by atoms with E-state index in [2.05, 4.69) is 60.3 Å². The fourth-order valence-electron chi connectivity index (χ4n) is 3.82. The van der Waals surface area contributed by atoms with E-state index in [1.165, 1.54) is 16.8 Å². The van der Waals surface area contributed by atoms with Gasteiger partial charge < -0.3 is 14.3 Å². The van der Waals surface area contributed by atoms with Gasteiger partial charge in [-0.05, 0) is 38.0 Å². The van der Waals surface area contributed by atoms with Crippen molar-refractivity contribution >= 4 is 11.6 Å². The summed E-state index contributed by atoms with van der Waals surface area (Å²) in [6.45, 7) is 7.44. The Kier molecular flexibility index (Phi) is 5.65. The first-order valence-corrected chi connectivity index (χ1v) is 10.2. The molecule has 0 bridgehead atoms. The van der Waals surface area contributed by atoms with Crippen LogP contribution in [-0.2, 0) is 11.2 Å². The lowest BCUT2D eigenvalue weighted by atomic mass is 10.0. The number of rotatable bonds is 5. The third kappa shape index (κ3) is 4.50. The molecule has 1 aliphatic heterocycles. The highest BCUT2D eigenvalue weighted by Gasteiger charge is 2.22. The number of carbonyl (C=O) groups is 1. The first-order valence-electron chi connectivity index (χ1n) is 10.2. The number of amides is 1. The zero-order chi connectivity index (χ0) is 20.2. The van der Waals surface area contributed by atoms with Gasteiger partial charge in [-0.2, -0.15) is 0 Å². The van der Waals surface area contributed by atoms with E-state index in [1.54, 1.807) is 6.26 Å². The van der Waals surface area contributed by atoms with E-state index in [0.717, 1.165) is 43.0 Å². The monoisotopic (exact) mass is 389 g/mol. The van der Waals surface area contributed by atoms with Crippen LogP contribution < -0.4 is 4.90 Å². The van der Waals surface area contributed by atoms with Crippen LogP contribution in [0.4, 0.5) is 5.69 Å². The summed E-state index contributed by atoms with van der Waals surface area (Å²) in [6.07, 6.45) is 2.78. The summed E-state index contributed by atoms with van der Waals surface area (Å²) in [5.41, 5.74) is 6.56. The minimum atomic E-state index is 0.199. The van der Waals surface area contributed by atoms with E-state index in [1.807, 2.05) is 17.0 Å². The summed E-state index contributed by atoms with van der Waals surface area (Å²) in [7, 11) is 0. The second-order valence-electron chi connectivity index (χ2n) is 7.76. The highest BCUT2D eigenvalue weighted by atomic mass is 16.5. The molecule has 1 fully saturated rings. The molecule has 4 rings (SSSR count). The molecule has 0 N–H and O–H groups in total. The van der Waals surface area contributed by atoms with Crippen molar-refractivity contribution in [3.8, 4) is 11.3 Å². The van der Waals surface area contributed by atoms with E-state index in [9.17, 15) is 4.79 Å². The Bertz CT molecular complexity index is 970. The van der Waals surface area contributed by atoms with Crippen molar-refractivity contribution in [3.63, 3.8) is 0 Å². The average molecular weight is 389 g/mol. The lowest BCUT2D eigenvalue weighted by Gasteiger charge is -2.36. The number of carbonyl (C=O) groups excluding carboxylic acids is 1. The molecule has 1 aromatic heterocycles. The second-order valence-corrected chi connectivity index (χ2v) is 7.76. The number of aromatic nitrogens is 1. The molecule has 29 heavy (non-hydrogen) atoms. The van der Waals surface area contributed by atoms with Crippen molar-refractivity contribution in [3.05, 3.63) is 71.5 Å². The van der Waals surface area contributed by atoms with Gasteiger partial charge in [0.2, 0.25) is 5.91 Å². The van der Waals surface area contributed by atoms with Gasteiger partial charge in [0, 0.05) is 49.4 Å². The van der Waals surface area contributed by atoms with Crippen molar-refractivity contribution < 1.29 is 9.32 Å². The SMILES string of the molecule is Cc1ccc(-c2nocc2CCC(=O)N2CCN(c3cccc(C)c3)CC2)cc1. The van der Waals surface area contributed by atoms with Gasteiger partial charge in [-0.3, -0.25) is 4.79 Å². The Morgan fingerprint density at radius 1 is 1.00 bits per heavy atom. The standard InChI is InChI=1S/C24H27N3O2/c1-18-6-8-20(9-7-18)24-21(17-29-25-24)10-11-23(28)27-14-12-26(13-15-27)22-5-3-4-19(2)16-22/h3-9,16-17H,10-15H2,1-2H3. The molecule has 1 saturated heterocycles. The van der Waals surface area contributed by atoms with Crippen LogP contribution in [0.2, 0.25) is 0 Å². The van der Waals surface area contributed by atoms with Gasteiger partial charge in [0.25, 0.3) is 0 Å². The highest BCUT2D eigenvalue weighted by molar-refractivity contribution is 5.77. The minimum absolute atomic E-state index is 0.199. The second kappa shape index (κ2) is 8.52. The number of hydrogen-bond donors (Lipinski definition) is 0. The Balaban J connectivity index is 1.32. The molecule has 2 aromatic carbocycles. The molecular weight excluding hydrogens is 362 g/mol. The molecule has 150 valence electrons. The topological polar surface area (TPSA) is 49.6 Å². The van der Waals surface area contributed by atoms with Gasteiger partial charge in [0.1, 0.15) is 12.0 Å². The maximum atomic E-state index is 12.7. The van der Waals surface area contributed by atoms with E-state index < -0.39 is 0 Å². The summed E-state index contributed by atoms with van der Waals surface area (Å²) in [4.78, 5) is 17.1. The molecule has 0 aliphatic carbocycles. The summed E-state index contributed by atoms with van der Waals surface area (Å²) < 4.78 is 5.20. The van der Waals surface area contributed by atoms with Crippen LogP contribution in [0, 0.1) is 13.8 Å². The van der Waals surface area contributed by atoms with Crippen molar-refractivity contribution in [1.82, 2.24) is 10.1 Å². The van der Waals surface area contributed by atoms with Crippen molar-refractivity contribution in [2.75, 3.05) is 31.1 Å². The maximum Gasteiger partial charge on any atom is 0.223 e. The van der Waals surface area contributed by atoms with Gasteiger partial charge in [-0.15, -0.1) is 0 Å². The predicted molar refractivity (Wildman–Crippen MR) is 115 cm³/mol. The molecule has 0 unspecified atom stereocenters. The molecule has 5 nitrogen and oxygen atoms in total. The van der Waals surface area contributed by atoms with Crippen molar-refractivity contribution in [2.45, 2.75) is 26.7 Å². The number of benzene rings is 2. The van der Waals surface area contributed by atoms with Crippen LogP contribution in [0.15, 0.2) is 59.3 Å². The van der Waals surface area contributed by atoms with Gasteiger partial charge >= 0.3 is 0 Å². The maximum absolute atomic E-state index is 12.7. The number of hydrogen-bond acceptors (Lipinski definition) is 4. The quantitative estimate of drug-likeness (QED) is 0.655. The summed E-state index contributed by atoms with van der Waals surface area (Å²) >= 11 is 0. The Morgan fingerprint density at radius 2 is 1.76 bits per heavy atom. The van der Waals surface area contributed by atoms with Crippen LogP contribution in [0.1, 0.15) is 23.1 Å². The number of piperazine rings is 1. The van der Waals surface area contributed by atoms with Crippen LogP contribution in [0.25, 0.3) is 11.3 Å². The summed E-state index contributed by atoms with van der Waals surface area (Å²) in [5, 5.41) is 4.15. The fourth-order valence-corrected chi connectivity index (χ4v) is 3.82. The van der Waals surface area contributed by atoms with E-state index >= 15 is 0 Å². The molecule has 1 aliphatic rings. The van der Waals surface area contributed by atoms with E-state index in [4.69, 9.17) is 4.52 Å². The summed E-state index contributed by atoms with van der Waals surface area (Å²) in [5.74, 6) is 0.199. The third-order valence-corrected chi connectivity index (χ3v) is 5.58. The molecule has 1 amide bonds. The molecule has 0 spiro atoms. The minimum Gasteiger partial charge on any atom is -0.368 e. The van der Waals surface area contributed by atoms with E-state index in [-0.39, 0.29) is 5.91 Å². The lowest BCUT2D eigenvalue weighted by Crippen LogP contribution is -2.48. The van der Waals surface area contributed by atoms with Gasteiger partial charge in [0.05, 0.1) is 0 Å². The molecule has 0 atom stereocenters. The molecular formula is C24H27N3O2. The predicted octanol–water partition coefficient (Wildman–Crippen LogP) is 4.24. The molecule has 5 heteroatoms. The normalized spacial score (nSPS) is 14.3. The van der Waals surface area contributed by atoms with Gasteiger partial charge in [-0.1, -0.05) is 47.1 Å². The van der Waals surface area contributed by atoms with Crippen LogP contribution in [-0.4, -0.2) is 42.1 Å². The fraction of sp³-hybridized carbons (Fsp3) is 0.333. The Hall–Kier alpha value is -3.08. The van der Waals surface area contributed by atoms with E-state index in [0.29, 0.717) is 12.8 Å².